The van der Waals surface area contributed by atoms with Crippen LogP contribution in [0.4, 0.5) is 0 Å². The number of thiocarbonyl (C=S) groups is 1. The minimum absolute atomic E-state index is 0.0220. The number of hydrogen-bond acceptors (Lipinski definition) is 3. The van der Waals surface area contributed by atoms with E-state index in [4.69, 9.17) is 18.6 Å². The molecule has 2 aromatic rings. The fourth-order valence-electron chi connectivity index (χ4n) is 2.53. The minimum atomic E-state index is -0.0220. The van der Waals surface area contributed by atoms with E-state index in [1.54, 1.807) is 4.90 Å². The van der Waals surface area contributed by atoms with Gasteiger partial charge in [0.1, 0.15) is 4.32 Å². The molecule has 22 heavy (non-hydrogen) atoms. The van der Waals surface area contributed by atoms with E-state index in [-0.39, 0.29) is 5.91 Å². The largest absolute Gasteiger partial charge is 0.335 e. The summed E-state index contributed by atoms with van der Waals surface area (Å²) in [5.74, 6) is 2.63. The van der Waals surface area contributed by atoms with Crippen LogP contribution in [0.15, 0.2) is 35.4 Å². The quantitative estimate of drug-likeness (QED) is 0.490. The lowest BCUT2D eigenvalue weighted by Crippen LogP contribution is -2.27. The maximum absolute atomic E-state index is 12.3. The third kappa shape index (κ3) is 2.45. The highest BCUT2D eigenvalue weighted by Crippen LogP contribution is 2.34. The molecule has 0 N–H and O–H groups in total. The number of rotatable bonds is 3. The highest BCUT2D eigenvalue weighted by molar-refractivity contribution is 8.26. The van der Waals surface area contributed by atoms with Gasteiger partial charge in [-0.2, -0.15) is 0 Å². The van der Waals surface area contributed by atoms with Crippen molar-refractivity contribution in [2.45, 2.75) is 13.5 Å². The van der Waals surface area contributed by atoms with Crippen molar-refractivity contribution in [3.05, 3.63) is 40.9 Å². The Morgan fingerprint density at radius 1 is 1.41 bits per heavy atom. The van der Waals surface area contributed by atoms with E-state index in [2.05, 4.69) is 5.92 Å². The van der Waals surface area contributed by atoms with Gasteiger partial charge in [0.25, 0.3) is 5.91 Å². The molecular formula is C17H14N2OS2. The first-order valence-corrected chi connectivity index (χ1v) is 8.15. The van der Waals surface area contributed by atoms with Crippen LogP contribution < -0.4 is 0 Å². The van der Waals surface area contributed by atoms with Crippen LogP contribution in [0.3, 0.4) is 0 Å². The first-order chi connectivity index (χ1) is 10.7. The predicted molar refractivity (Wildman–Crippen MR) is 96.3 cm³/mol. The van der Waals surface area contributed by atoms with Crippen molar-refractivity contribution < 1.29 is 4.79 Å². The molecule has 1 aliphatic heterocycles. The highest BCUT2D eigenvalue weighted by atomic mass is 32.2. The van der Waals surface area contributed by atoms with Crippen molar-refractivity contribution in [2.24, 2.45) is 0 Å². The third-order valence-corrected chi connectivity index (χ3v) is 4.94. The van der Waals surface area contributed by atoms with E-state index < -0.39 is 0 Å². The number of amides is 1. The lowest BCUT2D eigenvalue weighted by atomic mass is 10.1. The van der Waals surface area contributed by atoms with Crippen molar-refractivity contribution in [1.29, 1.82) is 0 Å². The zero-order chi connectivity index (χ0) is 15.7. The summed E-state index contributed by atoms with van der Waals surface area (Å²) in [6, 6.07) is 8.03. The molecule has 1 aliphatic rings. The minimum Gasteiger partial charge on any atom is -0.335 e. The van der Waals surface area contributed by atoms with Gasteiger partial charge in [-0.1, -0.05) is 48.1 Å². The van der Waals surface area contributed by atoms with E-state index in [0.717, 1.165) is 16.5 Å². The SMILES string of the molecule is C#CCn1cc(/C=C2\SC(=S)N(CC)C2=O)c2ccccc21. The molecule has 0 unspecified atom stereocenters. The Morgan fingerprint density at radius 2 is 2.18 bits per heavy atom. The Hall–Kier alpha value is -2.03. The molecule has 3 rings (SSSR count). The van der Waals surface area contributed by atoms with Crippen molar-refractivity contribution in [1.82, 2.24) is 9.47 Å². The molecule has 0 radical (unpaired) electrons. The van der Waals surface area contributed by atoms with Crippen molar-refractivity contribution in [3.63, 3.8) is 0 Å². The van der Waals surface area contributed by atoms with Crippen LogP contribution in [-0.4, -0.2) is 26.2 Å². The summed E-state index contributed by atoms with van der Waals surface area (Å²) in [4.78, 5) is 14.6. The molecule has 0 aliphatic carbocycles. The molecule has 5 heteroatoms. The molecule has 0 spiro atoms. The number of carbonyl (C=O) groups excluding carboxylic acids is 1. The Morgan fingerprint density at radius 3 is 2.86 bits per heavy atom. The maximum Gasteiger partial charge on any atom is 0.266 e. The highest BCUT2D eigenvalue weighted by Gasteiger charge is 2.30. The van der Waals surface area contributed by atoms with Crippen LogP contribution in [0.25, 0.3) is 17.0 Å². The van der Waals surface area contributed by atoms with Gasteiger partial charge in [0.05, 0.1) is 11.4 Å². The third-order valence-electron chi connectivity index (χ3n) is 3.56. The fourth-order valence-corrected chi connectivity index (χ4v) is 3.91. The first kappa shape index (κ1) is 14.9. The second kappa shape index (κ2) is 5.99. The van der Waals surface area contributed by atoms with Crippen LogP contribution in [0, 0.1) is 12.3 Å². The van der Waals surface area contributed by atoms with Crippen LogP contribution in [0.5, 0.6) is 0 Å². The molecule has 3 nitrogen and oxygen atoms in total. The number of likely N-dealkylation sites (N-methyl/N-ethyl adjacent to an activating group) is 1. The van der Waals surface area contributed by atoms with Gasteiger partial charge in [-0.25, -0.2) is 0 Å². The van der Waals surface area contributed by atoms with Gasteiger partial charge < -0.3 is 4.57 Å². The Labute approximate surface area is 139 Å². The number of para-hydroxylation sites is 1. The van der Waals surface area contributed by atoms with Gasteiger partial charge in [0.15, 0.2) is 0 Å². The Kier molecular flexibility index (Phi) is 4.06. The lowest BCUT2D eigenvalue weighted by Gasteiger charge is -2.09. The number of terminal acetylenes is 1. The number of nitrogens with zero attached hydrogens (tertiary/aromatic N) is 2. The number of benzene rings is 1. The molecule has 1 aromatic carbocycles. The van der Waals surface area contributed by atoms with E-state index in [1.807, 2.05) is 48.0 Å². The molecule has 1 aromatic heterocycles. The summed E-state index contributed by atoms with van der Waals surface area (Å²) < 4.78 is 2.63. The van der Waals surface area contributed by atoms with Gasteiger partial charge in [-0.15, -0.1) is 6.42 Å². The normalized spacial score (nSPS) is 16.7. The monoisotopic (exact) mass is 326 g/mol. The van der Waals surface area contributed by atoms with Crippen molar-refractivity contribution in [3.8, 4) is 12.3 Å². The molecular weight excluding hydrogens is 312 g/mol. The van der Waals surface area contributed by atoms with Crippen molar-refractivity contribution >= 4 is 51.2 Å². The number of aromatic nitrogens is 1. The van der Waals surface area contributed by atoms with E-state index in [9.17, 15) is 4.79 Å². The number of carbonyl (C=O) groups is 1. The summed E-state index contributed by atoms with van der Waals surface area (Å²) in [5, 5.41) is 1.08. The Bertz CT molecular complexity index is 842. The average Bonchev–Trinajstić information content (AvgIpc) is 2.99. The smallest absolute Gasteiger partial charge is 0.266 e. The average molecular weight is 326 g/mol. The van der Waals surface area contributed by atoms with Gasteiger partial charge in [0, 0.05) is 29.2 Å². The molecule has 1 fully saturated rings. The second-order valence-corrected chi connectivity index (χ2v) is 6.54. The summed E-state index contributed by atoms with van der Waals surface area (Å²) in [7, 11) is 0. The first-order valence-electron chi connectivity index (χ1n) is 6.92. The van der Waals surface area contributed by atoms with Crippen LogP contribution in [-0.2, 0) is 11.3 Å². The molecule has 0 saturated carbocycles. The van der Waals surface area contributed by atoms with Gasteiger partial charge in [0.2, 0.25) is 0 Å². The van der Waals surface area contributed by atoms with Crippen LogP contribution in [0.1, 0.15) is 12.5 Å². The number of fused-ring (bicyclic) bond motifs is 1. The number of thioether (sulfide) groups is 1. The Balaban J connectivity index is 2.08. The number of hydrogen-bond donors (Lipinski definition) is 0. The summed E-state index contributed by atoms with van der Waals surface area (Å²) in [6.45, 7) is 3.03. The maximum atomic E-state index is 12.3. The van der Waals surface area contributed by atoms with E-state index in [0.29, 0.717) is 22.3 Å². The molecule has 0 atom stereocenters. The topological polar surface area (TPSA) is 25.2 Å². The summed E-state index contributed by atoms with van der Waals surface area (Å²) in [5.41, 5.74) is 2.06. The molecule has 2 heterocycles. The van der Waals surface area contributed by atoms with Gasteiger partial charge >= 0.3 is 0 Å². The standard InChI is InChI=1S/C17H14N2OS2/c1-3-9-18-11-12(13-7-5-6-8-14(13)18)10-15-16(20)19(4-2)17(21)22-15/h1,5-8,10-11H,4,9H2,2H3/b15-10-. The predicted octanol–water partition coefficient (Wildman–Crippen LogP) is 3.50. The van der Waals surface area contributed by atoms with Crippen LogP contribution >= 0.6 is 24.0 Å². The summed E-state index contributed by atoms with van der Waals surface area (Å²) >= 11 is 6.60. The zero-order valence-electron chi connectivity index (χ0n) is 12.1. The lowest BCUT2D eigenvalue weighted by molar-refractivity contribution is -0.121. The van der Waals surface area contributed by atoms with E-state index >= 15 is 0 Å². The zero-order valence-corrected chi connectivity index (χ0v) is 13.7. The van der Waals surface area contributed by atoms with Gasteiger partial charge in [-0.3, -0.25) is 9.69 Å². The van der Waals surface area contributed by atoms with Crippen molar-refractivity contribution in [2.75, 3.05) is 6.54 Å². The summed E-state index contributed by atoms with van der Waals surface area (Å²) in [6.07, 6.45) is 9.33. The second-order valence-electron chi connectivity index (χ2n) is 4.86. The van der Waals surface area contributed by atoms with Gasteiger partial charge in [-0.05, 0) is 19.1 Å². The van der Waals surface area contributed by atoms with E-state index in [1.165, 1.54) is 11.8 Å². The fraction of sp³-hybridized carbons (Fsp3) is 0.176. The molecule has 110 valence electrons. The van der Waals surface area contributed by atoms with Crippen LogP contribution in [0.2, 0.25) is 0 Å². The molecule has 1 amide bonds. The molecule has 1 saturated heterocycles. The molecule has 0 bridgehead atoms.